The summed E-state index contributed by atoms with van der Waals surface area (Å²) in [5.74, 6) is 0. The summed E-state index contributed by atoms with van der Waals surface area (Å²) in [6, 6.07) is 10.3. The normalized spacial score (nSPS) is 10.3. The Kier molecular flexibility index (Phi) is 6.36. The van der Waals surface area contributed by atoms with Crippen LogP contribution in [0.2, 0.25) is 0 Å². The molecule has 0 aromatic heterocycles. The Morgan fingerprint density at radius 3 is 2.00 bits per heavy atom. The van der Waals surface area contributed by atoms with Crippen molar-refractivity contribution in [1.82, 2.24) is 5.32 Å². The summed E-state index contributed by atoms with van der Waals surface area (Å²) in [5.41, 5.74) is 1.33. The average molecular weight is 219 g/mol. The van der Waals surface area contributed by atoms with Gasteiger partial charge in [-0.25, -0.2) is 4.57 Å². The molecule has 0 heterocycles. The van der Waals surface area contributed by atoms with Gasteiger partial charge in [0.25, 0.3) is 0 Å². The fraction of sp³-hybridized carbons (Fsp3) is 0.250. The van der Waals surface area contributed by atoms with Gasteiger partial charge in [0.15, 0.2) is 0 Å². The first-order valence-corrected chi connectivity index (χ1v) is 5.47. The second-order valence-electron chi connectivity index (χ2n) is 2.53. The van der Waals surface area contributed by atoms with E-state index in [9.17, 15) is 0 Å². The van der Waals surface area contributed by atoms with Gasteiger partial charge in [-0.1, -0.05) is 30.3 Å². The third-order valence-electron chi connectivity index (χ3n) is 1.22. The van der Waals surface area contributed by atoms with Crippen LogP contribution in [0.3, 0.4) is 0 Å². The lowest BCUT2D eigenvalue weighted by atomic mass is 10.2. The molecule has 4 N–H and O–H groups in total. The van der Waals surface area contributed by atoms with E-state index in [4.69, 9.17) is 19.2 Å². The topological polar surface area (TPSA) is 89.8 Å². The largest absolute Gasteiger partial charge is 0.466 e. The first kappa shape index (κ1) is 13.3. The SMILES string of the molecule is CNCc1ccccc1.O=P(O)(O)O. The monoisotopic (exact) mass is 219 g/mol. The van der Waals surface area contributed by atoms with Gasteiger partial charge < -0.3 is 20.0 Å². The maximum Gasteiger partial charge on any atom is 0.466 e. The van der Waals surface area contributed by atoms with E-state index in [0.29, 0.717) is 0 Å². The van der Waals surface area contributed by atoms with Gasteiger partial charge in [-0.2, -0.15) is 0 Å². The van der Waals surface area contributed by atoms with E-state index < -0.39 is 7.82 Å². The summed E-state index contributed by atoms with van der Waals surface area (Å²) in [6.07, 6.45) is 0. The van der Waals surface area contributed by atoms with E-state index in [0.717, 1.165) is 6.54 Å². The molecule has 0 atom stereocenters. The molecule has 0 bridgehead atoms. The van der Waals surface area contributed by atoms with Crippen LogP contribution < -0.4 is 5.32 Å². The van der Waals surface area contributed by atoms with Crippen molar-refractivity contribution in [1.29, 1.82) is 0 Å². The molecule has 0 saturated carbocycles. The summed E-state index contributed by atoms with van der Waals surface area (Å²) in [6.45, 7) is 0.959. The Bertz CT molecular complexity index is 276. The van der Waals surface area contributed by atoms with E-state index in [1.807, 2.05) is 25.2 Å². The fourth-order valence-corrected chi connectivity index (χ4v) is 0.800. The summed E-state index contributed by atoms with van der Waals surface area (Å²) in [5, 5.41) is 3.08. The molecule has 1 rings (SSSR count). The molecule has 0 aliphatic carbocycles. The second-order valence-corrected chi connectivity index (χ2v) is 3.56. The zero-order valence-corrected chi connectivity index (χ0v) is 8.69. The molecule has 80 valence electrons. The molecule has 0 radical (unpaired) electrons. The molecule has 0 aliphatic rings. The van der Waals surface area contributed by atoms with Crippen molar-refractivity contribution in [2.75, 3.05) is 7.05 Å². The lowest BCUT2D eigenvalue weighted by Gasteiger charge is -1.95. The van der Waals surface area contributed by atoms with Crippen molar-refractivity contribution < 1.29 is 19.2 Å². The van der Waals surface area contributed by atoms with Crippen molar-refractivity contribution in [3.63, 3.8) is 0 Å². The highest BCUT2D eigenvalue weighted by Gasteiger charge is 2.00. The van der Waals surface area contributed by atoms with Crippen LogP contribution in [0.4, 0.5) is 0 Å². The smallest absolute Gasteiger partial charge is 0.316 e. The number of hydrogen-bond donors (Lipinski definition) is 4. The molecule has 0 fully saturated rings. The third-order valence-corrected chi connectivity index (χ3v) is 1.22. The molecule has 1 aromatic rings. The van der Waals surface area contributed by atoms with Crippen molar-refractivity contribution in [3.8, 4) is 0 Å². The lowest BCUT2D eigenvalue weighted by molar-refractivity contribution is 0.275. The highest BCUT2D eigenvalue weighted by Crippen LogP contribution is 2.25. The first-order valence-electron chi connectivity index (χ1n) is 3.90. The minimum atomic E-state index is -4.64. The van der Waals surface area contributed by atoms with Crippen LogP contribution in [0.15, 0.2) is 30.3 Å². The maximum atomic E-state index is 8.88. The molecule has 0 amide bonds. The van der Waals surface area contributed by atoms with E-state index in [1.165, 1.54) is 5.56 Å². The van der Waals surface area contributed by atoms with Gasteiger partial charge in [-0.3, -0.25) is 0 Å². The van der Waals surface area contributed by atoms with Gasteiger partial charge in [0.2, 0.25) is 0 Å². The van der Waals surface area contributed by atoms with E-state index >= 15 is 0 Å². The number of hydrogen-bond acceptors (Lipinski definition) is 2. The van der Waals surface area contributed by atoms with Gasteiger partial charge in [0, 0.05) is 6.54 Å². The number of benzene rings is 1. The minimum Gasteiger partial charge on any atom is -0.316 e. The zero-order chi connectivity index (χ0) is 11.0. The van der Waals surface area contributed by atoms with Crippen molar-refractivity contribution in [2.45, 2.75) is 6.54 Å². The van der Waals surface area contributed by atoms with Crippen LogP contribution in [0.5, 0.6) is 0 Å². The molecule has 5 nitrogen and oxygen atoms in total. The molecule has 0 saturated heterocycles. The summed E-state index contributed by atoms with van der Waals surface area (Å²) < 4.78 is 8.88. The lowest BCUT2D eigenvalue weighted by Crippen LogP contribution is -2.04. The van der Waals surface area contributed by atoms with Gasteiger partial charge in [-0.05, 0) is 12.6 Å². The zero-order valence-electron chi connectivity index (χ0n) is 7.79. The molecule has 14 heavy (non-hydrogen) atoms. The molecule has 1 aromatic carbocycles. The van der Waals surface area contributed by atoms with Crippen molar-refractivity contribution >= 4 is 7.82 Å². The van der Waals surface area contributed by atoms with Gasteiger partial charge >= 0.3 is 7.82 Å². The standard InChI is InChI=1S/C8H11N.H3O4P/c1-9-7-8-5-3-2-4-6-8;1-5(2,3)4/h2-6,9H,7H2,1H3;(H3,1,2,3,4). The minimum absolute atomic E-state index is 0.959. The van der Waals surface area contributed by atoms with E-state index in [-0.39, 0.29) is 0 Å². The van der Waals surface area contributed by atoms with Gasteiger partial charge in [0.05, 0.1) is 0 Å². The predicted molar refractivity (Wildman–Crippen MR) is 53.5 cm³/mol. The van der Waals surface area contributed by atoms with E-state index in [2.05, 4.69) is 17.4 Å². The number of phosphoric acid groups is 1. The average Bonchev–Trinajstić information content (AvgIpc) is 2.03. The molecule has 0 spiro atoms. The highest BCUT2D eigenvalue weighted by atomic mass is 31.2. The third kappa shape index (κ3) is 11.3. The molecule has 6 heteroatoms. The number of rotatable bonds is 2. The molecular weight excluding hydrogens is 205 g/mol. The summed E-state index contributed by atoms with van der Waals surface area (Å²) in [4.78, 5) is 21.6. The summed E-state index contributed by atoms with van der Waals surface area (Å²) >= 11 is 0. The first-order chi connectivity index (χ1) is 6.43. The molecule has 0 unspecified atom stereocenters. The van der Waals surface area contributed by atoms with Crippen LogP contribution in [0, 0.1) is 0 Å². The Balaban J connectivity index is 0.000000292. The van der Waals surface area contributed by atoms with Gasteiger partial charge in [-0.15, -0.1) is 0 Å². The van der Waals surface area contributed by atoms with Crippen LogP contribution in [0.1, 0.15) is 5.56 Å². The number of nitrogens with one attached hydrogen (secondary N) is 1. The fourth-order valence-electron chi connectivity index (χ4n) is 0.800. The Morgan fingerprint density at radius 1 is 1.21 bits per heavy atom. The predicted octanol–water partition coefficient (Wildman–Crippen LogP) is 0.477. The Labute approximate surface area is 82.6 Å². The summed E-state index contributed by atoms with van der Waals surface area (Å²) in [7, 11) is -2.69. The van der Waals surface area contributed by atoms with Crippen molar-refractivity contribution in [2.24, 2.45) is 0 Å². The van der Waals surface area contributed by atoms with Crippen LogP contribution >= 0.6 is 7.82 Å². The molecule has 0 aliphatic heterocycles. The van der Waals surface area contributed by atoms with Crippen LogP contribution in [-0.2, 0) is 11.1 Å². The van der Waals surface area contributed by atoms with Gasteiger partial charge in [0.1, 0.15) is 0 Å². The maximum absolute atomic E-state index is 8.88. The van der Waals surface area contributed by atoms with Crippen LogP contribution in [0.25, 0.3) is 0 Å². The van der Waals surface area contributed by atoms with E-state index in [1.54, 1.807) is 0 Å². The Hall–Kier alpha value is -0.710. The van der Waals surface area contributed by atoms with Crippen LogP contribution in [-0.4, -0.2) is 21.7 Å². The second kappa shape index (κ2) is 6.70. The Morgan fingerprint density at radius 2 is 1.64 bits per heavy atom. The quantitative estimate of drug-likeness (QED) is 0.543. The molecular formula is C8H14NO4P. The van der Waals surface area contributed by atoms with Crippen molar-refractivity contribution in [3.05, 3.63) is 35.9 Å². The highest BCUT2D eigenvalue weighted by molar-refractivity contribution is 7.45.